The molecule has 8 heteroatoms. The minimum Gasteiger partial charge on any atom is -0.450 e. The molecule has 1 amide bonds. The van der Waals surface area contributed by atoms with Gasteiger partial charge in [0.05, 0.1) is 18.2 Å². The second-order valence-electron chi connectivity index (χ2n) is 6.73. The van der Waals surface area contributed by atoms with Crippen molar-refractivity contribution >= 4 is 6.09 Å². The zero-order valence-electron chi connectivity index (χ0n) is 15.6. The van der Waals surface area contributed by atoms with E-state index in [0.29, 0.717) is 18.9 Å². The summed E-state index contributed by atoms with van der Waals surface area (Å²) in [5.41, 5.74) is 1.18. The van der Waals surface area contributed by atoms with Gasteiger partial charge in [0.25, 0.3) is 5.89 Å². The van der Waals surface area contributed by atoms with Crippen molar-refractivity contribution in [3.63, 3.8) is 0 Å². The van der Waals surface area contributed by atoms with Gasteiger partial charge in [-0.15, -0.1) is 0 Å². The molecular formula is C19H25FN4O3. The molecule has 2 heterocycles. The summed E-state index contributed by atoms with van der Waals surface area (Å²) < 4.78 is 24.3. The lowest BCUT2D eigenvalue weighted by Crippen LogP contribution is -2.53. The van der Waals surface area contributed by atoms with Crippen LogP contribution in [-0.4, -0.2) is 41.5 Å². The topological polar surface area (TPSA) is 89.3 Å². The first kappa shape index (κ1) is 19.3. The van der Waals surface area contributed by atoms with E-state index in [2.05, 4.69) is 20.8 Å². The molecule has 27 heavy (non-hydrogen) atoms. The van der Waals surface area contributed by atoms with Crippen LogP contribution in [0.5, 0.6) is 0 Å². The standard InChI is InChI=1S/C19H25FN4O3/c1-3-26-19(25)22-16(15-6-4-5-9-21-15)11-17-23-18(27-24-17)13-10-12(2)7-8-14(13)20/h7-8,10,15-16,21H,3-6,9,11H2,1-2H3,(H,22,25). The second kappa shape index (κ2) is 8.94. The van der Waals surface area contributed by atoms with Crippen molar-refractivity contribution in [2.45, 2.75) is 51.6 Å². The molecule has 2 N–H and O–H groups in total. The first-order chi connectivity index (χ1) is 13.1. The van der Waals surface area contributed by atoms with E-state index < -0.39 is 11.9 Å². The van der Waals surface area contributed by atoms with Crippen molar-refractivity contribution in [1.82, 2.24) is 20.8 Å². The molecule has 1 saturated heterocycles. The van der Waals surface area contributed by atoms with Crippen LogP contribution in [0, 0.1) is 12.7 Å². The molecule has 1 aromatic heterocycles. The number of carbonyl (C=O) groups is 1. The van der Waals surface area contributed by atoms with Gasteiger partial charge in [0.2, 0.25) is 0 Å². The Morgan fingerprint density at radius 2 is 2.33 bits per heavy atom. The van der Waals surface area contributed by atoms with E-state index in [9.17, 15) is 9.18 Å². The van der Waals surface area contributed by atoms with E-state index >= 15 is 0 Å². The lowest BCUT2D eigenvalue weighted by atomic mass is 9.95. The molecule has 0 radical (unpaired) electrons. The molecule has 0 aliphatic carbocycles. The van der Waals surface area contributed by atoms with E-state index in [-0.39, 0.29) is 23.5 Å². The Bertz CT molecular complexity index is 774. The minimum atomic E-state index is -0.469. The molecule has 1 aromatic carbocycles. The maximum atomic E-state index is 14.1. The van der Waals surface area contributed by atoms with Crippen LogP contribution in [0.2, 0.25) is 0 Å². The second-order valence-corrected chi connectivity index (χ2v) is 6.73. The molecule has 3 rings (SSSR count). The van der Waals surface area contributed by atoms with Crippen molar-refractivity contribution < 1.29 is 18.4 Å². The van der Waals surface area contributed by atoms with Gasteiger partial charge in [-0.05, 0) is 45.4 Å². The lowest BCUT2D eigenvalue weighted by molar-refractivity contribution is 0.143. The van der Waals surface area contributed by atoms with Crippen LogP contribution >= 0.6 is 0 Å². The summed E-state index contributed by atoms with van der Waals surface area (Å²) in [5.74, 6) is 0.142. The fourth-order valence-corrected chi connectivity index (χ4v) is 3.29. The number of alkyl carbamates (subject to hydrolysis) is 1. The smallest absolute Gasteiger partial charge is 0.407 e. The molecule has 1 fully saturated rings. The molecule has 0 saturated carbocycles. The number of aryl methyl sites for hydroxylation is 1. The predicted molar refractivity (Wildman–Crippen MR) is 97.7 cm³/mol. The number of hydrogen-bond acceptors (Lipinski definition) is 6. The fourth-order valence-electron chi connectivity index (χ4n) is 3.29. The number of piperidine rings is 1. The lowest BCUT2D eigenvalue weighted by Gasteiger charge is -2.31. The average molecular weight is 376 g/mol. The number of benzene rings is 1. The van der Waals surface area contributed by atoms with Gasteiger partial charge in [0.1, 0.15) is 5.82 Å². The summed E-state index contributed by atoms with van der Waals surface area (Å²) in [6.07, 6.45) is 3.04. The van der Waals surface area contributed by atoms with Gasteiger partial charge in [-0.1, -0.05) is 23.2 Å². The van der Waals surface area contributed by atoms with Gasteiger partial charge in [0.15, 0.2) is 5.82 Å². The Kier molecular flexibility index (Phi) is 6.39. The molecule has 2 unspecified atom stereocenters. The molecule has 1 aliphatic heterocycles. The van der Waals surface area contributed by atoms with Gasteiger partial charge >= 0.3 is 6.09 Å². The van der Waals surface area contributed by atoms with Crippen molar-refractivity contribution in [3.8, 4) is 11.5 Å². The highest BCUT2D eigenvalue weighted by atomic mass is 19.1. The third-order valence-corrected chi connectivity index (χ3v) is 4.64. The maximum Gasteiger partial charge on any atom is 0.407 e. The largest absolute Gasteiger partial charge is 0.450 e. The van der Waals surface area contributed by atoms with E-state index in [1.54, 1.807) is 19.1 Å². The van der Waals surface area contributed by atoms with Crippen molar-refractivity contribution in [2.75, 3.05) is 13.2 Å². The van der Waals surface area contributed by atoms with Gasteiger partial charge < -0.3 is 19.9 Å². The van der Waals surface area contributed by atoms with Gasteiger partial charge in [-0.2, -0.15) is 4.98 Å². The third kappa shape index (κ3) is 5.03. The average Bonchev–Trinajstić information content (AvgIpc) is 3.12. The van der Waals surface area contributed by atoms with Crippen LogP contribution in [0.25, 0.3) is 11.5 Å². The summed E-state index contributed by atoms with van der Waals surface area (Å²) >= 11 is 0. The number of nitrogens with one attached hydrogen (secondary N) is 2. The first-order valence-electron chi connectivity index (χ1n) is 9.32. The van der Waals surface area contributed by atoms with Crippen molar-refractivity contribution in [3.05, 3.63) is 35.4 Å². The van der Waals surface area contributed by atoms with Crippen LogP contribution in [0.4, 0.5) is 9.18 Å². The van der Waals surface area contributed by atoms with Crippen LogP contribution in [0.1, 0.15) is 37.6 Å². The summed E-state index contributed by atoms with van der Waals surface area (Å²) in [6, 6.07) is 4.59. The third-order valence-electron chi connectivity index (χ3n) is 4.64. The number of hydrogen-bond donors (Lipinski definition) is 2. The Labute approximate surface area is 157 Å². The van der Waals surface area contributed by atoms with Crippen LogP contribution in [0.3, 0.4) is 0 Å². The van der Waals surface area contributed by atoms with Crippen LogP contribution in [-0.2, 0) is 11.2 Å². The normalized spacial score (nSPS) is 18.1. The Morgan fingerprint density at radius 1 is 1.48 bits per heavy atom. The van der Waals surface area contributed by atoms with Crippen LogP contribution in [0.15, 0.2) is 22.7 Å². The summed E-state index contributed by atoms with van der Waals surface area (Å²) in [4.78, 5) is 16.3. The highest BCUT2D eigenvalue weighted by molar-refractivity contribution is 5.67. The molecule has 7 nitrogen and oxygen atoms in total. The zero-order chi connectivity index (χ0) is 19.2. The first-order valence-corrected chi connectivity index (χ1v) is 9.32. The van der Waals surface area contributed by atoms with Crippen LogP contribution < -0.4 is 10.6 Å². The number of carbonyl (C=O) groups excluding carboxylic acids is 1. The minimum absolute atomic E-state index is 0.0980. The predicted octanol–water partition coefficient (Wildman–Crippen LogP) is 2.98. The van der Waals surface area contributed by atoms with Crippen molar-refractivity contribution in [2.24, 2.45) is 0 Å². The van der Waals surface area contributed by atoms with Gasteiger partial charge in [0, 0.05) is 12.5 Å². The van der Waals surface area contributed by atoms with E-state index in [1.165, 1.54) is 6.07 Å². The molecular weight excluding hydrogens is 351 g/mol. The molecule has 2 aromatic rings. The zero-order valence-corrected chi connectivity index (χ0v) is 15.6. The highest BCUT2D eigenvalue weighted by Gasteiger charge is 2.27. The van der Waals surface area contributed by atoms with E-state index in [1.807, 2.05) is 6.92 Å². The van der Waals surface area contributed by atoms with Gasteiger partial charge in [-0.25, -0.2) is 9.18 Å². The highest BCUT2D eigenvalue weighted by Crippen LogP contribution is 2.23. The number of rotatable bonds is 6. The monoisotopic (exact) mass is 376 g/mol. The Balaban J connectivity index is 1.76. The van der Waals surface area contributed by atoms with Gasteiger partial charge in [-0.3, -0.25) is 0 Å². The molecule has 1 aliphatic rings. The fraction of sp³-hybridized carbons (Fsp3) is 0.526. The Morgan fingerprint density at radius 3 is 3.07 bits per heavy atom. The summed E-state index contributed by atoms with van der Waals surface area (Å²) in [6.45, 7) is 4.83. The molecule has 0 spiro atoms. The SMILES string of the molecule is CCOC(=O)NC(Cc1noc(-c2cc(C)ccc2F)n1)C1CCCCN1. The van der Waals surface area contributed by atoms with E-state index in [0.717, 1.165) is 31.4 Å². The van der Waals surface area contributed by atoms with Crippen molar-refractivity contribution in [1.29, 1.82) is 0 Å². The maximum absolute atomic E-state index is 14.1. The summed E-state index contributed by atoms with van der Waals surface area (Å²) in [5, 5.41) is 10.3. The number of ether oxygens (including phenoxy) is 1. The Hall–Kier alpha value is -2.48. The number of nitrogens with zero attached hydrogens (tertiary/aromatic N) is 2. The molecule has 0 bridgehead atoms. The summed E-state index contributed by atoms with van der Waals surface area (Å²) in [7, 11) is 0. The molecule has 146 valence electrons. The molecule has 2 atom stereocenters. The quantitative estimate of drug-likeness (QED) is 0.806. The number of halogens is 1. The number of aromatic nitrogens is 2. The number of amides is 1. The van der Waals surface area contributed by atoms with E-state index in [4.69, 9.17) is 9.26 Å².